The van der Waals surface area contributed by atoms with Crippen molar-refractivity contribution in [1.82, 2.24) is 0 Å². The molecule has 0 aliphatic carbocycles. The van der Waals surface area contributed by atoms with Gasteiger partial charge in [0.2, 0.25) is 0 Å². The number of fused-ring (bicyclic) bond motifs is 3. The summed E-state index contributed by atoms with van der Waals surface area (Å²) in [6, 6.07) is 29.7. The molecule has 1 aromatic heterocycles. The molecule has 0 amide bonds. The number of furan rings is 1. The Morgan fingerprint density at radius 2 is 1.28 bits per heavy atom. The molecule has 4 aromatic carbocycles. The molecule has 0 saturated heterocycles. The summed E-state index contributed by atoms with van der Waals surface area (Å²) in [5.74, 6) is 0. The van der Waals surface area contributed by atoms with E-state index in [2.05, 4.69) is 107 Å². The first-order valence-electron chi connectivity index (χ1n) is 9.64. The molecule has 0 radical (unpaired) electrons. The van der Waals surface area contributed by atoms with E-state index in [-0.39, 0.29) is 0 Å². The van der Waals surface area contributed by atoms with Gasteiger partial charge in [-0.3, -0.25) is 0 Å². The van der Waals surface area contributed by atoms with Gasteiger partial charge in [0, 0.05) is 26.6 Å². The van der Waals surface area contributed by atoms with Crippen molar-refractivity contribution in [3.05, 3.63) is 101 Å². The fourth-order valence-corrected chi connectivity index (χ4v) is 4.20. The third-order valence-electron chi connectivity index (χ3n) is 5.25. The molecule has 142 valence electrons. The third-order valence-corrected chi connectivity index (χ3v) is 5.71. The summed E-state index contributed by atoms with van der Waals surface area (Å²) in [4.78, 5) is 2.26. The zero-order valence-corrected chi connectivity index (χ0v) is 17.9. The number of hydrogen-bond acceptors (Lipinski definition) is 2. The number of benzene rings is 4. The SMILES string of the molecule is Cc1ccc(N(c2ccc(C)cc2)c2cc(Br)cc3c2oc2ccccc23)cc1. The van der Waals surface area contributed by atoms with Crippen LogP contribution in [0.2, 0.25) is 0 Å². The Morgan fingerprint density at radius 3 is 1.90 bits per heavy atom. The van der Waals surface area contributed by atoms with Crippen LogP contribution in [0, 0.1) is 13.8 Å². The summed E-state index contributed by atoms with van der Waals surface area (Å²) in [6.45, 7) is 4.22. The standard InChI is InChI=1S/C26H20BrNO/c1-17-7-11-20(12-8-17)28(21-13-9-18(2)10-14-21)24-16-19(27)15-23-22-5-3-4-6-25(22)29-26(23)24/h3-16H,1-2H3. The summed E-state index contributed by atoms with van der Waals surface area (Å²) in [6.07, 6.45) is 0. The molecule has 0 fully saturated rings. The van der Waals surface area contributed by atoms with Gasteiger partial charge in [-0.25, -0.2) is 0 Å². The fourth-order valence-electron chi connectivity index (χ4n) is 3.76. The summed E-state index contributed by atoms with van der Waals surface area (Å²) >= 11 is 3.72. The third kappa shape index (κ3) is 3.22. The lowest BCUT2D eigenvalue weighted by molar-refractivity contribution is 0.669. The van der Waals surface area contributed by atoms with Crippen molar-refractivity contribution in [2.24, 2.45) is 0 Å². The number of para-hydroxylation sites is 1. The second-order valence-corrected chi connectivity index (χ2v) is 8.32. The molecule has 5 rings (SSSR count). The van der Waals surface area contributed by atoms with Crippen LogP contribution in [-0.2, 0) is 0 Å². The smallest absolute Gasteiger partial charge is 0.159 e. The Morgan fingerprint density at radius 1 is 0.690 bits per heavy atom. The van der Waals surface area contributed by atoms with Gasteiger partial charge in [0.25, 0.3) is 0 Å². The zero-order valence-electron chi connectivity index (χ0n) is 16.3. The van der Waals surface area contributed by atoms with Crippen molar-refractivity contribution in [1.29, 1.82) is 0 Å². The number of rotatable bonds is 3. The Bertz CT molecular complexity index is 1270. The Kier molecular flexibility index (Phi) is 4.40. The summed E-state index contributed by atoms with van der Waals surface area (Å²) < 4.78 is 7.37. The zero-order chi connectivity index (χ0) is 20.0. The van der Waals surface area contributed by atoms with Crippen molar-refractivity contribution in [2.75, 3.05) is 4.90 Å². The molecule has 0 unspecified atom stereocenters. The highest BCUT2D eigenvalue weighted by Crippen LogP contribution is 2.43. The number of halogens is 1. The maximum atomic E-state index is 6.35. The average molecular weight is 442 g/mol. The second-order valence-electron chi connectivity index (χ2n) is 7.41. The van der Waals surface area contributed by atoms with E-state index < -0.39 is 0 Å². The molecule has 0 atom stereocenters. The van der Waals surface area contributed by atoms with Gasteiger partial charge in [-0.05, 0) is 56.3 Å². The van der Waals surface area contributed by atoms with Gasteiger partial charge in [0.05, 0.1) is 5.69 Å². The minimum atomic E-state index is 0.885. The van der Waals surface area contributed by atoms with Crippen LogP contribution in [0.3, 0.4) is 0 Å². The maximum absolute atomic E-state index is 6.35. The topological polar surface area (TPSA) is 16.4 Å². The van der Waals surface area contributed by atoms with E-state index in [1.54, 1.807) is 0 Å². The Labute approximate surface area is 178 Å². The van der Waals surface area contributed by atoms with Gasteiger partial charge in [-0.15, -0.1) is 0 Å². The molecule has 3 heteroatoms. The first-order valence-corrected chi connectivity index (χ1v) is 10.4. The van der Waals surface area contributed by atoms with E-state index in [0.29, 0.717) is 0 Å². The summed E-state index contributed by atoms with van der Waals surface area (Å²) in [5.41, 5.74) is 7.46. The largest absolute Gasteiger partial charge is 0.454 e. The molecular weight excluding hydrogens is 422 g/mol. The normalized spacial score (nSPS) is 11.3. The molecule has 1 heterocycles. The number of hydrogen-bond donors (Lipinski definition) is 0. The molecule has 0 bridgehead atoms. The summed E-state index contributed by atoms with van der Waals surface area (Å²) in [7, 11) is 0. The van der Waals surface area contributed by atoms with Gasteiger partial charge in [0.1, 0.15) is 5.58 Å². The number of nitrogens with zero attached hydrogens (tertiary/aromatic N) is 1. The van der Waals surface area contributed by atoms with Crippen LogP contribution in [0.4, 0.5) is 17.1 Å². The lowest BCUT2D eigenvalue weighted by Crippen LogP contribution is -2.10. The van der Waals surface area contributed by atoms with Gasteiger partial charge in [-0.2, -0.15) is 0 Å². The molecule has 0 N–H and O–H groups in total. The van der Waals surface area contributed by atoms with Gasteiger partial charge < -0.3 is 9.32 Å². The van der Waals surface area contributed by atoms with Crippen LogP contribution in [0.1, 0.15) is 11.1 Å². The van der Waals surface area contributed by atoms with E-state index >= 15 is 0 Å². The maximum Gasteiger partial charge on any atom is 0.159 e. The van der Waals surface area contributed by atoms with Crippen molar-refractivity contribution < 1.29 is 4.42 Å². The van der Waals surface area contributed by atoms with Crippen LogP contribution >= 0.6 is 15.9 Å². The van der Waals surface area contributed by atoms with Crippen LogP contribution in [0.15, 0.2) is 93.8 Å². The van der Waals surface area contributed by atoms with Crippen LogP contribution < -0.4 is 4.90 Å². The van der Waals surface area contributed by atoms with Gasteiger partial charge in [0.15, 0.2) is 5.58 Å². The second kappa shape index (κ2) is 7.09. The molecule has 0 aliphatic rings. The molecular formula is C26H20BrNO. The lowest BCUT2D eigenvalue weighted by atomic mass is 10.1. The number of aryl methyl sites for hydroxylation is 2. The van der Waals surface area contributed by atoms with E-state index in [1.807, 2.05) is 12.1 Å². The van der Waals surface area contributed by atoms with Crippen molar-refractivity contribution in [3.8, 4) is 0 Å². The first kappa shape index (κ1) is 18.0. The highest BCUT2D eigenvalue weighted by Gasteiger charge is 2.20. The predicted molar refractivity (Wildman–Crippen MR) is 126 cm³/mol. The minimum absolute atomic E-state index is 0.885. The van der Waals surface area contributed by atoms with Gasteiger partial charge in [-0.1, -0.05) is 69.5 Å². The Hall–Kier alpha value is -3.04. The lowest BCUT2D eigenvalue weighted by Gasteiger charge is -2.26. The van der Waals surface area contributed by atoms with Crippen molar-refractivity contribution in [2.45, 2.75) is 13.8 Å². The molecule has 5 aromatic rings. The Balaban J connectivity index is 1.83. The molecule has 29 heavy (non-hydrogen) atoms. The highest BCUT2D eigenvalue weighted by atomic mass is 79.9. The van der Waals surface area contributed by atoms with Crippen molar-refractivity contribution in [3.63, 3.8) is 0 Å². The fraction of sp³-hybridized carbons (Fsp3) is 0.0769. The van der Waals surface area contributed by atoms with Crippen LogP contribution in [0.25, 0.3) is 21.9 Å². The molecule has 2 nitrogen and oxygen atoms in total. The van der Waals surface area contributed by atoms with E-state index in [0.717, 1.165) is 43.5 Å². The highest BCUT2D eigenvalue weighted by molar-refractivity contribution is 9.10. The summed E-state index contributed by atoms with van der Waals surface area (Å²) in [5, 5.41) is 2.23. The van der Waals surface area contributed by atoms with Gasteiger partial charge >= 0.3 is 0 Å². The average Bonchev–Trinajstić information content (AvgIpc) is 3.10. The predicted octanol–water partition coefficient (Wildman–Crippen LogP) is 8.44. The molecule has 0 aliphatic heterocycles. The molecule has 0 saturated carbocycles. The monoisotopic (exact) mass is 441 g/mol. The van der Waals surface area contributed by atoms with E-state index in [1.165, 1.54) is 11.1 Å². The van der Waals surface area contributed by atoms with E-state index in [4.69, 9.17) is 4.42 Å². The first-order chi connectivity index (χ1) is 14.1. The number of anilines is 3. The quantitative estimate of drug-likeness (QED) is 0.279. The van der Waals surface area contributed by atoms with E-state index in [9.17, 15) is 0 Å². The minimum Gasteiger partial charge on any atom is -0.454 e. The molecule has 0 spiro atoms. The van der Waals surface area contributed by atoms with Crippen molar-refractivity contribution >= 4 is 54.9 Å². The van der Waals surface area contributed by atoms with Crippen LogP contribution in [-0.4, -0.2) is 0 Å². The van der Waals surface area contributed by atoms with Crippen LogP contribution in [0.5, 0.6) is 0 Å².